The Morgan fingerprint density at radius 1 is 1.17 bits per heavy atom. The molecule has 2 aliphatic heterocycles. The predicted octanol–water partition coefficient (Wildman–Crippen LogP) is 3.02. The maximum Gasteiger partial charge on any atom is 0.222 e. The molecule has 2 fully saturated rings. The van der Waals surface area contributed by atoms with E-state index < -0.39 is 0 Å². The number of aryl methyl sites for hydroxylation is 1. The number of hydrogen-bond donors (Lipinski definition) is 1. The van der Waals surface area contributed by atoms with Gasteiger partial charge in [-0.25, -0.2) is 0 Å². The van der Waals surface area contributed by atoms with Crippen LogP contribution in [0.1, 0.15) is 31.2 Å². The van der Waals surface area contributed by atoms with Gasteiger partial charge < -0.3 is 15.1 Å². The minimum absolute atomic E-state index is 0. The molecule has 2 heterocycles. The molecule has 4 nitrogen and oxygen atoms in total. The lowest BCUT2D eigenvalue weighted by molar-refractivity contribution is -0.131. The zero-order chi connectivity index (χ0) is 15.4. The van der Waals surface area contributed by atoms with E-state index in [9.17, 15) is 4.79 Å². The van der Waals surface area contributed by atoms with Gasteiger partial charge in [0.2, 0.25) is 5.91 Å². The summed E-state index contributed by atoms with van der Waals surface area (Å²) < 4.78 is 0. The first-order valence-corrected chi connectivity index (χ1v) is 8.56. The average Bonchev–Trinajstić information content (AvgIpc) is 3.07. The fraction of sp³-hybridized carbons (Fsp3) is 0.611. The summed E-state index contributed by atoms with van der Waals surface area (Å²) in [7, 11) is 0. The SMILES string of the molecule is Cc1ccccc1N1CCN(C(=O)CCC2CCCN2)CC1.Cl.Cl. The fourth-order valence-corrected chi connectivity index (χ4v) is 3.57. The highest BCUT2D eigenvalue weighted by molar-refractivity contribution is 5.85. The molecule has 1 unspecified atom stereocenters. The highest BCUT2D eigenvalue weighted by Gasteiger charge is 2.23. The normalized spacial score (nSPS) is 20.3. The molecule has 2 aliphatic rings. The standard InChI is InChI=1S/C18H27N3O.2ClH/c1-15-5-2-3-7-17(15)20-11-13-21(14-12-20)18(22)9-8-16-6-4-10-19-16;;/h2-3,5,7,16,19H,4,6,8-14H2,1H3;2*1H. The van der Waals surface area contributed by atoms with Crippen LogP contribution in [0.25, 0.3) is 0 Å². The maximum absolute atomic E-state index is 12.3. The number of rotatable bonds is 4. The number of piperazine rings is 1. The number of amides is 1. The Balaban J connectivity index is 0.00000144. The lowest BCUT2D eigenvalue weighted by atomic mass is 10.1. The minimum Gasteiger partial charge on any atom is -0.368 e. The van der Waals surface area contributed by atoms with E-state index in [1.54, 1.807) is 0 Å². The Kier molecular flexibility index (Phi) is 8.88. The summed E-state index contributed by atoms with van der Waals surface area (Å²) in [5.74, 6) is 0.332. The van der Waals surface area contributed by atoms with E-state index in [0.29, 0.717) is 18.4 Å². The van der Waals surface area contributed by atoms with Crippen molar-refractivity contribution < 1.29 is 4.79 Å². The molecular weight excluding hydrogens is 345 g/mol. The molecule has 0 bridgehead atoms. The molecular formula is C18H29Cl2N3O. The number of nitrogens with one attached hydrogen (secondary N) is 1. The predicted molar refractivity (Wildman–Crippen MR) is 105 cm³/mol. The van der Waals surface area contributed by atoms with Crippen molar-refractivity contribution in [1.29, 1.82) is 0 Å². The Morgan fingerprint density at radius 3 is 2.50 bits per heavy atom. The molecule has 0 aliphatic carbocycles. The van der Waals surface area contributed by atoms with E-state index in [-0.39, 0.29) is 24.8 Å². The zero-order valence-corrected chi connectivity index (χ0v) is 16.0. The van der Waals surface area contributed by atoms with Gasteiger partial charge in [-0.05, 0) is 44.4 Å². The van der Waals surface area contributed by atoms with Crippen LogP contribution in [0.4, 0.5) is 5.69 Å². The third-order valence-electron chi connectivity index (χ3n) is 4.96. The van der Waals surface area contributed by atoms with Crippen molar-refractivity contribution >= 4 is 36.4 Å². The first-order valence-electron chi connectivity index (χ1n) is 8.56. The van der Waals surface area contributed by atoms with E-state index in [1.165, 1.54) is 24.1 Å². The Labute approximate surface area is 157 Å². The molecule has 136 valence electrons. The summed E-state index contributed by atoms with van der Waals surface area (Å²) in [6.45, 7) is 6.86. The molecule has 1 N–H and O–H groups in total. The molecule has 0 saturated carbocycles. The highest BCUT2D eigenvalue weighted by Crippen LogP contribution is 2.21. The second kappa shape index (κ2) is 10.1. The lowest BCUT2D eigenvalue weighted by Crippen LogP contribution is -2.49. The number of halogens is 2. The van der Waals surface area contributed by atoms with Gasteiger partial charge in [0, 0.05) is 44.3 Å². The van der Waals surface area contributed by atoms with Crippen molar-refractivity contribution in [3.8, 4) is 0 Å². The van der Waals surface area contributed by atoms with Crippen molar-refractivity contribution in [2.24, 2.45) is 0 Å². The van der Waals surface area contributed by atoms with Crippen LogP contribution < -0.4 is 10.2 Å². The second-order valence-electron chi connectivity index (χ2n) is 6.49. The highest BCUT2D eigenvalue weighted by atomic mass is 35.5. The van der Waals surface area contributed by atoms with Gasteiger partial charge in [-0.3, -0.25) is 4.79 Å². The third kappa shape index (κ3) is 5.27. The van der Waals surface area contributed by atoms with Gasteiger partial charge in [0.15, 0.2) is 0 Å². The van der Waals surface area contributed by atoms with E-state index in [2.05, 4.69) is 41.4 Å². The van der Waals surface area contributed by atoms with E-state index in [4.69, 9.17) is 0 Å². The van der Waals surface area contributed by atoms with Crippen LogP contribution in [-0.2, 0) is 4.79 Å². The van der Waals surface area contributed by atoms with E-state index >= 15 is 0 Å². The molecule has 0 radical (unpaired) electrons. The van der Waals surface area contributed by atoms with Gasteiger partial charge in [-0.15, -0.1) is 24.8 Å². The van der Waals surface area contributed by atoms with Crippen molar-refractivity contribution in [2.45, 2.75) is 38.6 Å². The molecule has 2 saturated heterocycles. The summed E-state index contributed by atoms with van der Waals surface area (Å²) in [4.78, 5) is 16.8. The number of anilines is 1. The molecule has 0 aromatic heterocycles. The number of para-hydroxylation sites is 1. The van der Waals surface area contributed by atoms with Gasteiger partial charge in [0.25, 0.3) is 0 Å². The topological polar surface area (TPSA) is 35.6 Å². The Hall–Kier alpha value is -0.970. The van der Waals surface area contributed by atoms with Crippen LogP contribution in [0, 0.1) is 6.92 Å². The summed E-state index contributed by atoms with van der Waals surface area (Å²) in [6, 6.07) is 9.07. The largest absolute Gasteiger partial charge is 0.368 e. The van der Waals surface area contributed by atoms with Crippen molar-refractivity contribution in [1.82, 2.24) is 10.2 Å². The number of benzene rings is 1. The van der Waals surface area contributed by atoms with Crippen molar-refractivity contribution in [2.75, 3.05) is 37.6 Å². The molecule has 1 aromatic carbocycles. The lowest BCUT2D eigenvalue weighted by Gasteiger charge is -2.37. The molecule has 24 heavy (non-hydrogen) atoms. The van der Waals surface area contributed by atoms with Crippen LogP contribution in [0.15, 0.2) is 24.3 Å². The minimum atomic E-state index is 0. The zero-order valence-electron chi connectivity index (χ0n) is 14.4. The monoisotopic (exact) mass is 373 g/mol. The van der Waals surface area contributed by atoms with Crippen LogP contribution in [0.2, 0.25) is 0 Å². The second-order valence-corrected chi connectivity index (χ2v) is 6.49. The quantitative estimate of drug-likeness (QED) is 0.880. The van der Waals surface area contributed by atoms with Crippen LogP contribution in [0.3, 0.4) is 0 Å². The van der Waals surface area contributed by atoms with Gasteiger partial charge in [0.1, 0.15) is 0 Å². The van der Waals surface area contributed by atoms with Crippen molar-refractivity contribution in [3.63, 3.8) is 0 Å². The van der Waals surface area contributed by atoms with Gasteiger partial charge in [-0.2, -0.15) is 0 Å². The maximum atomic E-state index is 12.3. The number of nitrogens with zero attached hydrogens (tertiary/aromatic N) is 2. The number of carbonyl (C=O) groups is 1. The van der Waals surface area contributed by atoms with Crippen LogP contribution in [0.5, 0.6) is 0 Å². The molecule has 0 spiro atoms. The van der Waals surface area contributed by atoms with Gasteiger partial charge in [-0.1, -0.05) is 18.2 Å². The van der Waals surface area contributed by atoms with Gasteiger partial charge in [0.05, 0.1) is 0 Å². The Morgan fingerprint density at radius 2 is 1.88 bits per heavy atom. The molecule has 1 amide bonds. The third-order valence-corrected chi connectivity index (χ3v) is 4.96. The first-order chi connectivity index (χ1) is 10.7. The Bertz CT molecular complexity index is 513. The van der Waals surface area contributed by atoms with Crippen molar-refractivity contribution in [3.05, 3.63) is 29.8 Å². The van der Waals surface area contributed by atoms with Crippen LogP contribution in [-0.4, -0.2) is 49.6 Å². The molecule has 1 atom stereocenters. The molecule has 3 rings (SSSR count). The first kappa shape index (κ1) is 21.1. The summed E-state index contributed by atoms with van der Waals surface area (Å²) in [5, 5.41) is 3.47. The van der Waals surface area contributed by atoms with Gasteiger partial charge >= 0.3 is 0 Å². The smallest absolute Gasteiger partial charge is 0.222 e. The van der Waals surface area contributed by atoms with E-state index in [1.807, 2.05) is 4.90 Å². The molecule has 6 heteroatoms. The number of carbonyl (C=O) groups excluding carboxylic acids is 1. The fourth-order valence-electron chi connectivity index (χ4n) is 3.57. The summed E-state index contributed by atoms with van der Waals surface area (Å²) in [5.41, 5.74) is 2.62. The summed E-state index contributed by atoms with van der Waals surface area (Å²) >= 11 is 0. The van der Waals surface area contributed by atoms with Crippen LogP contribution >= 0.6 is 24.8 Å². The average molecular weight is 374 g/mol. The van der Waals surface area contributed by atoms with E-state index in [0.717, 1.165) is 39.1 Å². The number of hydrogen-bond acceptors (Lipinski definition) is 3. The summed E-state index contributed by atoms with van der Waals surface area (Å²) in [6.07, 6.45) is 4.18. The molecule has 1 aromatic rings.